The molecule has 3 aromatic rings. The maximum absolute atomic E-state index is 13.3. The number of aromatic nitrogens is 3. The molecule has 0 spiro atoms. The average molecular weight is 383 g/mol. The van der Waals surface area contributed by atoms with Gasteiger partial charge in [-0.2, -0.15) is 0 Å². The predicted molar refractivity (Wildman–Crippen MR) is 108 cm³/mol. The molecule has 0 aliphatic rings. The molecule has 146 valence electrons. The first-order valence-corrected chi connectivity index (χ1v) is 8.95. The van der Waals surface area contributed by atoms with Crippen molar-refractivity contribution in [3.05, 3.63) is 60.3 Å². The smallest absolute Gasteiger partial charge is 0.280 e. The average Bonchev–Trinajstić information content (AvgIpc) is 3.11. The van der Waals surface area contributed by atoms with E-state index in [9.17, 15) is 8.78 Å². The molecule has 0 saturated heterocycles. The second kappa shape index (κ2) is 7.88. The maximum atomic E-state index is 13.3. The highest BCUT2D eigenvalue weighted by Crippen LogP contribution is 2.30. The summed E-state index contributed by atoms with van der Waals surface area (Å²) >= 11 is 0. The van der Waals surface area contributed by atoms with E-state index < -0.39 is 6.43 Å². The van der Waals surface area contributed by atoms with E-state index in [1.54, 1.807) is 30.6 Å². The molecule has 0 aliphatic carbocycles. The Bertz CT molecular complexity index is 1020. The zero-order chi connectivity index (χ0) is 20.3. The lowest BCUT2D eigenvalue weighted by molar-refractivity contribution is 0.146. The third kappa shape index (κ3) is 4.42. The number of allylic oxidation sites excluding steroid dienone is 1. The summed E-state index contributed by atoms with van der Waals surface area (Å²) in [6.45, 7) is 7.01. The summed E-state index contributed by atoms with van der Waals surface area (Å²) in [5.41, 5.74) is 2.70. The zero-order valence-electron chi connectivity index (χ0n) is 16.1. The SMILES string of the molecule is CC(C)(C)CN/C=C(\C=N)c1ccc(C(F)F)nc1-c1ccn2ccnc2c1. The molecule has 0 atom stereocenters. The van der Waals surface area contributed by atoms with Crippen LogP contribution < -0.4 is 5.32 Å². The van der Waals surface area contributed by atoms with Gasteiger partial charge in [0.15, 0.2) is 0 Å². The van der Waals surface area contributed by atoms with Gasteiger partial charge in [-0.05, 0) is 23.6 Å². The lowest BCUT2D eigenvalue weighted by Crippen LogP contribution is -2.23. The number of hydrogen-bond donors (Lipinski definition) is 2. The minimum Gasteiger partial charge on any atom is -0.390 e. The van der Waals surface area contributed by atoms with Gasteiger partial charge in [-0.3, -0.25) is 0 Å². The molecule has 0 radical (unpaired) electrons. The number of nitrogens with one attached hydrogen (secondary N) is 2. The van der Waals surface area contributed by atoms with Crippen LogP contribution in [0.1, 0.15) is 38.5 Å². The van der Waals surface area contributed by atoms with E-state index in [0.717, 1.165) is 0 Å². The first kappa shape index (κ1) is 19.7. The van der Waals surface area contributed by atoms with Gasteiger partial charge in [-0.25, -0.2) is 18.7 Å². The summed E-state index contributed by atoms with van der Waals surface area (Å²) in [6, 6.07) is 6.50. The number of alkyl halides is 2. The molecule has 0 amide bonds. The highest BCUT2D eigenvalue weighted by molar-refractivity contribution is 6.10. The fourth-order valence-corrected chi connectivity index (χ4v) is 2.77. The van der Waals surface area contributed by atoms with Gasteiger partial charge in [0, 0.05) is 54.2 Å². The number of rotatable bonds is 6. The molecule has 0 unspecified atom stereocenters. The Morgan fingerprint density at radius 1 is 1.25 bits per heavy atom. The molecule has 3 aromatic heterocycles. The van der Waals surface area contributed by atoms with Gasteiger partial charge in [0.25, 0.3) is 6.43 Å². The van der Waals surface area contributed by atoms with Gasteiger partial charge >= 0.3 is 0 Å². The van der Waals surface area contributed by atoms with E-state index in [1.807, 2.05) is 16.8 Å². The minimum absolute atomic E-state index is 0.0654. The van der Waals surface area contributed by atoms with E-state index >= 15 is 0 Å². The van der Waals surface area contributed by atoms with Crippen molar-refractivity contribution in [3.8, 4) is 11.3 Å². The van der Waals surface area contributed by atoms with Crippen LogP contribution in [-0.2, 0) is 0 Å². The topological polar surface area (TPSA) is 66.1 Å². The molecule has 28 heavy (non-hydrogen) atoms. The molecular formula is C21H23F2N5. The third-order valence-electron chi connectivity index (χ3n) is 4.17. The number of nitrogens with zero attached hydrogens (tertiary/aromatic N) is 3. The summed E-state index contributed by atoms with van der Waals surface area (Å²) in [5, 5.41) is 11.0. The number of fused-ring (bicyclic) bond motifs is 1. The van der Waals surface area contributed by atoms with Crippen molar-refractivity contribution in [2.24, 2.45) is 5.41 Å². The monoisotopic (exact) mass is 383 g/mol. The van der Waals surface area contributed by atoms with Gasteiger partial charge in [0.2, 0.25) is 0 Å². The van der Waals surface area contributed by atoms with Crippen LogP contribution in [0, 0.1) is 10.8 Å². The maximum Gasteiger partial charge on any atom is 0.280 e. The molecule has 0 bridgehead atoms. The zero-order valence-corrected chi connectivity index (χ0v) is 16.1. The van der Waals surface area contributed by atoms with Crippen molar-refractivity contribution in [1.29, 1.82) is 5.41 Å². The summed E-state index contributed by atoms with van der Waals surface area (Å²) in [4.78, 5) is 8.45. The Labute approximate surface area is 162 Å². The van der Waals surface area contributed by atoms with Crippen LogP contribution in [0.5, 0.6) is 0 Å². The van der Waals surface area contributed by atoms with E-state index in [4.69, 9.17) is 5.41 Å². The summed E-state index contributed by atoms with van der Waals surface area (Å²) < 4.78 is 28.4. The molecule has 7 heteroatoms. The lowest BCUT2D eigenvalue weighted by atomic mass is 9.97. The first-order valence-electron chi connectivity index (χ1n) is 8.95. The van der Waals surface area contributed by atoms with Crippen LogP contribution >= 0.6 is 0 Å². The van der Waals surface area contributed by atoms with Crippen LogP contribution in [0.15, 0.2) is 49.1 Å². The molecule has 0 saturated carbocycles. The van der Waals surface area contributed by atoms with Crippen molar-refractivity contribution in [2.75, 3.05) is 6.54 Å². The number of pyridine rings is 2. The van der Waals surface area contributed by atoms with Crippen molar-refractivity contribution in [2.45, 2.75) is 27.2 Å². The quantitative estimate of drug-likeness (QED) is 0.591. The van der Waals surface area contributed by atoms with E-state index in [2.05, 4.69) is 36.1 Å². The third-order valence-corrected chi connectivity index (χ3v) is 4.17. The predicted octanol–water partition coefficient (Wildman–Crippen LogP) is 4.96. The van der Waals surface area contributed by atoms with Crippen LogP contribution in [0.4, 0.5) is 8.78 Å². The molecule has 3 heterocycles. The van der Waals surface area contributed by atoms with Gasteiger partial charge in [-0.1, -0.05) is 26.8 Å². The molecule has 0 aliphatic heterocycles. The Balaban J connectivity index is 2.09. The van der Waals surface area contributed by atoms with Crippen LogP contribution in [-0.4, -0.2) is 27.1 Å². The normalized spacial score (nSPS) is 12.6. The van der Waals surface area contributed by atoms with Crippen LogP contribution in [0.2, 0.25) is 0 Å². The van der Waals surface area contributed by atoms with Crippen LogP contribution in [0.25, 0.3) is 22.5 Å². The Kier molecular flexibility index (Phi) is 5.53. The fraction of sp³-hybridized carbons (Fsp3) is 0.286. The van der Waals surface area contributed by atoms with E-state index in [0.29, 0.717) is 34.6 Å². The van der Waals surface area contributed by atoms with E-state index in [-0.39, 0.29) is 11.1 Å². The summed E-state index contributed by atoms with van der Waals surface area (Å²) in [5.74, 6) is 0. The van der Waals surface area contributed by atoms with Crippen molar-refractivity contribution in [1.82, 2.24) is 19.7 Å². The molecule has 5 nitrogen and oxygen atoms in total. The van der Waals surface area contributed by atoms with Crippen LogP contribution in [0.3, 0.4) is 0 Å². The lowest BCUT2D eigenvalue weighted by Gasteiger charge is -2.18. The molecular weight excluding hydrogens is 360 g/mol. The number of hydrogen-bond acceptors (Lipinski definition) is 4. The Hall–Kier alpha value is -3.09. The number of imidazole rings is 1. The van der Waals surface area contributed by atoms with Gasteiger partial charge < -0.3 is 15.1 Å². The molecule has 0 fully saturated rings. The minimum atomic E-state index is -2.67. The Morgan fingerprint density at radius 3 is 2.71 bits per heavy atom. The molecule has 0 aromatic carbocycles. The largest absolute Gasteiger partial charge is 0.390 e. The van der Waals surface area contributed by atoms with Crippen molar-refractivity contribution < 1.29 is 8.78 Å². The Morgan fingerprint density at radius 2 is 2.04 bits per heavy atom. The summed E-state index contributed by atoms with van der Waals surface area (Å²) in [7, 11) is 0. The van der Waals surface area contributed by atoms with Gasteiger partial charge in [0.05, 0.1) is 5.69 Å². The second-order valence-electron chi connectivity index (χ2n) is 7.73. The first-order chi connectivity index (χ1) is 13.3. The molecule has 2 N–H and O–H groups in total. The highest BCUT2D eigenvalue weighted by Gasteiger charge is 2.17. The fourth-order valence-electron chi connectivity index (χ4n) is 2.77. The summed E-state index contributed by atoms with van der Waals surface area (Å²) in [6.07, 6.45) is 5.55. The number of halogens is 2. The van der Waals surface area contributed by atoms with Crippen molar-refractivity contribution >= 4 is 17.4 Å². The van der Waals surface area contributed by atoms with Gasteiger partial charge in [0.1, 0.15) is 11.3 Å². The molecule has 3 rings (SSSR count). The highest BCUT2D eigenvalue weighted by atomic mass is 19.3. The van der Waals surface area contributed by atoms with Crippen molar-refractivity contribution in [3.63, 3.8) is 0 Å². The second-order valence-corrected chi connectivity index (χ2v) is 7.73. The standard InChI is InChI=1S/C21H23F2N5/c1-21(2,3)13-25-12-15(11-24)16-4-5-17(20(22)23)27-19(16)14-6-8-28-9-7-26-18(28)10-14/h4-12,20,24-25H,13H2,1-3H3/b15-12+,24-11?. The van der Waals surface area contributed by atoms with Gasteiger partial charge in [-0.15, -0.1) is 0 Å². The van der Waals surface area contributed by atoms with E-state index in [1.165, 1.54) is 12.3 Å².